The van der Waals surface area contributed by atoms with Crippen LogP contribution in [0.3, 0.4) is 0 Å². The van der Waals surface area contributed by atoms with Gasteiger partial charge < -0.3 is 0 Å². The summed E-state index contributed by atoms with van der Waals surface area (Å²) in [4.78, 5) is 0. The van der Waals surface area contributed by atoms with Crippen LogP contribution in [0.15, 0.2) is 36.4 Å². The van der Waals surface area contributed by atoms with Gasteiger partial charge in [-0.1, -0.05) is 43.7 Å². The molecule has 0 aliphatic heterocycles. The fraction of sp³-hybridized carbons (Fsp3) is 0.250. The fourth-order valence-corrected chi connectivity index (χ4v) is 3.09. The maximum absolute atomic E-state index is 14.2. The monoisotopic (exact) mass is 309 g/mol. The topological polar surface area (TPSA) is 23.8 Å². The van der Waals surface area contributed by atoms with Crippen LogP contribution in [0.2, 0.25) is 0 Å². The third-order valence-electron chi connectivity index (χ3n) is 4.32. The summed E-state index contributed by atoms with van der Waals surface area (Å²) in [7, 11) is 0. The number of allylic oxidation sites excluding steroid dienone is 2. The molecule has 2 aromatic carbocycles. The normalized spacial score (nSPS) is 13.2. The summed E-state index contributed by atoms with van der Waals surface area (Å²) in [5.74, 6) is -1.49. The van der Waals surface area contributed by atoms with E-state index in [1.165, 1.54) is 11.6 Å². The highest BCUT2D eigenvalue weighted by atomic mass is 19.1. The van der Waals surface area contributed by atoms with Gasteiger partial charge in [0.2, 0.25) is 0 Å². The van der Waals surface area contributed by atoms with Gasteiger partial charge in [-0.2, -0.15) is 5.26 Å². The van der Waals surface area contributed by atoms with Gasteiger partial charge in [-0.3, -0.25) is 0 Å². The first kappa shape index (κ1) is 15.4. The van der Waals surface area contributed by atoms with Crippen LogP contribution in [0, 0.1) is 23.0 Å². The number of halogens is 2. The molecule has 0 N–H and O–H groups in total. The van der Waals surface area contributed by atoms with E-state index < -0.39 is 17.2 Å². The molecule has 0 bridgehead atoms. The molecule has 0 spiro atoms. The van der Waals surface area contributed by atoms with Crippen molar-refractivity contribution in [3.8, 4) is 6.07 Å². The van der Waals surface area contributed by atoms with E-state index in [1.807, 2.05) is 6.08 Å². The minimum Gasteiger partial charge on any atom is -0.205 e. The van der Waals surface area contributed by atoms with E-state index in [1.54, 1.807) is 6.07 Å². The standard InChI is InChI=1S/C20H17F2N/c1-2-3-13-4-6-14(7-5-13)15-8-9-17-16(10-15)11-19(21)18(12-23)20(17)22/h4-8,11H,2-3,9-10H2,1H3. The van der Waals surface area contributed by atoms with E-state index in [0.717, 1.165) is 24.0 Å². The number of nitriles is 1. The minimum atomic E-state index is -0.775. The second kappa shape index (κ2) is 6.34. The first-order valence-electron chi connectivity index (χ1n) is 7.82. The Morgan fingerprint density at radius 1 is 1.17 bits per heavy atom. The lowest BCUT2D eigenvalue weighted by Gasteiger charge is -2.19. The lowest BCUT2D eigenvalue weighted by Crippen LogP contribution is -2.08. The third-order valence-corrected chi connectivity index (χ3v) is 4.32. The molecular weight excluding hydrogens is 292 g/mol. The van der Waals surface area contributed by atoms with Gasteiger partial charge in [0.25, 0.3) is 0 Å². The van der Waals surface area contributed by atoms with Gasteiger partial charge in [0.15, 0.2) is 0 Å². The van der Waals surface area contributed by atoms with Gasteiger partial charge in [-0.25, -0.2) is 8.78 Å². The van der Waals surface area contributed by atoms with Crippen LogP contribution in [0.5, 0.6) is 0 Å². The molecule has 2 aromatic rings. The van der Waals surface area contributed by atoms with Gasteiger partial charge in [-0.05, 0) is 53.2 Å². The molecule has 0 heterocycles. The van der Waals surface area contributed by atoms with Crippen LogP contribution in [0.4, 0.5) is 8.78 Å². The van der Waals surface area contributed by atoms with E-state index >= 15 is 0 Å². The van der Waals surface area contributed by atoms with Crippen molar-refractivity contribution >= 4 is 5.57 Å². The fourth-order valence-electron chi connectivity index (χ4n) is 3.09. The average molecular weight is 309 g/mol. The number of rotatable bonds is 3. The zero-order chi connectivity index (χ0) is 16.4. The molecule has 0 amide bonds. The molecule has 0 unspecified atom stereocenters. The molecule has 23 heavy (non-hydrogen) atoms. The van der Waals surface area contributed by atoms with E-state index in [-0.39, 0.29) is 0 Å². The first-order valence-corrected chi connectivity index (χ1v) is 7.82. The minimum absolute atomic E-state index is 0.391. The second-order valence-electron chi connectivity index (χ2n) is 5.85. The van der Waals surface area contributed by atoms with Crippen LogP contribution in [0.1, 0.15) is 41.2 Å². The maximum atomic E-state index is 14.2. The highest BCUT2D eigenvalue weighted by Gasteiger charge is 2.21. The van der Waals surface area contributed by atoms with Crippen LogP contribution in [-0.4, -0.2) is 0 Å². The van der Waals surface area contributed by atoms with Crippen LogP contribution >= 0.6 is 0 Å². The molecule has 3 heteroatoms. The van der Waals surface area contributed by atoms with Crippen molar-refractivity contribution < 1.29 is 8.78 Å². The molecule has 0 aromatic heterocycles. The zero-order valence-electron chi connectivity index (χ0n) is 13.0. The maximum Gasteiger partial charge on any atom is 0.147 e. The Bertz CT molecular complexity index is 811. The van der Waals surface area contributed by atoms with Crippen LogP contribution in [-0.2, 0) is 19.3 Å². The molecule has 0 saturated heterocycles. The number of fused-ring (bicyclic) bond motifs is 1. The van der Waals surface area contributed by atoms with E-state index in [9.17, 15) is 8.78 Å². The van der Waals surface area contributed by atoms with Gasteiger partial charge in [0.1, 0.15) is 23.3 Å². The molecule has 0 atom stereocenters. The van der Waals surface area contributed by atoms with Crippen molar-refractivity contribution in [1.29, 1.82) is 5.26 Å². The Hall–Kier alpha value is -2.47. The summed E-state index contributed by atoms with van der Waals surface area (Å²) in [5, 5.41) is 8.86. The van der Waals surface area contributed by atoms with Crippen molar-refractivity contribution in [2.24, 2.45) is 0 Å². The van der Waals surface area contributed by atoms with Crippen molar-refractivity contribution in [2.75, 3.05) is 0 Å². The smallest absolute Gasteiger partial charge is 0.147 e. The van der Waals surface area contributed by atoms with Gasteiger partial charge in [0, 0.05) is 0 Å². The van der Waals surface area contributed by atoms with Crippen molar-refractivity contribution in [3.63, 3.8) is 0 Å². The Morgan fingerprint density at radius 3 is 2.57 bits per heavy atom. The SMILES string of the molecule is CCCc1ccc(C2=CCc3c(cc(F)c(C#N)c3F)C2)cc1. The molecule has 1 nitrogen and oxygen atoms in total. The molecule has 0 radical (unpaired) electrons. The summed E-state index contributed by atoms with van der Waals surface area (Å²) in [6.07, 6.45) is 5.01. The number of aryl methyl sites for hydroxylation is 1. The van der Waals surface area contributed by atoms with Crippen molar-refractivity contribution in [2.45, 2.75) is 32.6 Å². The first-order chi connectivity index (χ1) is 11.1. The van der Waals surface area contributed by atoms with Crippen LogP contribution in [0.25, 0.3) is 5.57 Å². The van der Waals surface area contributed by atoms with Gasteiger partial charge in [-0.15, -0.1) is 0 Å². The zero-order valence-corrected chi connectivity index (χ0v) is 13.0. The molecule has 116 valence electrons. The Kier molecular flexibility index (Phi) is 4.25. The summed E-state index contributed by atoms with van der Waals surface area (Å²) in [6, 6.07) is 11.3. The van der Waals surface area contributed by atoms with E-state index in [4.69, 9.17) is 5.26 Å². The molecule has 1 aliphatic carbocycles. The lowest BCUT2D eigenvalue weighted by atomic mass is 9.86. The molecule has 1 aliphatic rings. The number of hydrogen-bond acceptors (Lipinski definition) is 1. The van der Waals surface area contributed by atoms with Crippen molar-refractivity contribution in [3.05, 3.63) is 75.9 Å². The molecule has 3 rings (SSSR count). The Balaban J connectivity index is 1.91. The van der Waals surface area contributed by atoms with E-state index in [2.05, 4.69) is 31.2 Å². The molecular formula is C20H17F2N. The number of benzene rings is 2. The molecule has 0 fully saturated rings. The summed E-state index contributed by atoms with van der Waals surface area (Å²) in [5.41, 5.74) is 4.04. The third kappa shape index (κ3) is 2.90. The van der Waals surface area contributed by atoms with Crippen molar-refractivity contribution in [1.82, 2.24) is 0 Å². The average Bonchev–Trinajstić information content (AvgIpc) is 2.56. The quantitative estimate of drug-likeness (QED) is 0.785. The largest absolute Gasteiger partial charge is 0.205 e. The number of hydrogen-bond donors (Lipinski definition) is 0. The Labute approximate surface area is 134 Å². The van der Waals surface area contributed by atoms with Gasteiger partial charge in [0.05, 0.1) is 0 Å². The summed E-state index contributed by atoms with van der Waals surface area (Å²) >= 11 is 0. The highest BCUT2D eigenvalue weighted by Crippen LogP contribution is 2.31. The lowest BCUT2D eigenvalue weighted by molar-refractivity contribution is 0.564. The second-order valence-corrected chi connectivity index (χ2v) is 5.85. The Morgan fingerprint density at radius 2 is 1.91 bits per heavy atom. The van der Waals surface area contributed by atoms with Crippen LogP contribution < -0.4 is 0 Å². The summed E-state index contributed by atoms with van der Waals surface area (Å²) < 4.78 is 28.0. The predicted molar refractivity (Wildman–Crippen MR) is 86.9 cm³/mol. The van der Waals surface area contributed by atoms with Gasteiger partial charge >= 0.3 is 0 Å². The highest BCUT2D eigenvalue weighted by molar-refractivity contribution is 5.71. The van der Waals surface area contributed by atoms with E-state index in [0.29, 0.717) is 24.0 Å². The predicted octanol–water partition coefficient (Wildman–Crippen LogP) is 4.97. The molecule has 0 saturated carbocycles. The number of nitrogens with zero attached hydrogens (tertiary/aromatic N) is 1. The summed E-state index contributed by atoms with van der Waals surface area (Å²) in [6.45, 7) is 2.15.